The molecule has 1 fully saturated rings. The van der Waals surface area contributed by atoms with Crippen LogP contribution in [0.2, 0.25) is 0 Å². The van der Waals surface area contributed by atoms with Gasteiger partial charge in [-0.2, -0.15) is 0 Å². The predicted octanol–water partition coefficient (Wildman–Crippen LogP) is 2.98. The second-order valence-electron chi connectivity index (χ2n) is 6.75. The third kappa shape index (κ3) is 7.40. The van der Waals surface area contributed by atoms with Gasteiger partial charge in [0, 0.05) is 51.2 Å². The van der Waals surface area contributed by atoms with Crippen molar-refractivity contribution in [1.82, 2.24) is 20.4 Å². The fourth-order valence-corrected chi connectivity index (χ4v) is 3.66. The van der Waals surface area contributed by atoms with E-state index in [0.29, 0.717) is 0 Å². The monoisotopic (exact) mass is 499 g/mol. The van der Waals surface area contributed by atoms with Gasteiger partial charge in [-0.25, -0.2) is 0 Å². The summed E-state index contributed by atoms with van der Waals surface area (Å²) in [6.07, 6.45) is 0. The summed E-state index contributed by atoms with van der Waals surface area (Å²) in [4.78, 5) is 10.5. The van der Waals surface area contributed by atoms with Crippen molar-refractivity contribution in [3.8, 4) is 0 Å². The molecule has 148 valence electrons. The first-order chi connectivity index (χ1) is 12.7. The molecule has 0 amide bonds. The first-order valence-corrected chi connectivity index (χ1v) is 10.1. The summed E-state index contributed by atoms with van der Waals surface area (Å²) in [5, 5.41) is 8.83. The van der Waals surface area contributed by atoms with Gasteiger partial charge in [0.2, 0.25) is 0 Å². The highest BCUT2D eigenvalue weighted by atomic mass is 127. The molecule has 2 heterocycles. The number of thiophene rings is 1. The summed E-state index contributed by atoms with van der Waals surface area (Å²) in [5.41, 5.74) is 2.66. The fraction of sp³-hybridized carbons (Fsp3) is 0.450. The Hall–Kier alpha value is -1.16. The number of hydrogen-bond acceptors (Lipinski definition) is 4. The van der Waals surface area contributed by atoms with Crippen molar-refractivity contribution in [2.45, 2.75) is 19.6 Å². The van der Waals surface area contributed by atoms with Crippen molar-refractivity contribution in [2.75, 3.05) is 40.3 Å². The number of benzene rings is 1. The van der Waals surface area contributed by atoms with Gasteiger partial charge in [-0.05, 0) is 29.6 Å². The van der Waals surface area contributed by atoms with Crippen LogP contribution in [0, 0.1) is 0 Å². The molecule has 0 spiro atoms. The van der Waals surface area contributed by atoms with Gasteiger partial charge < -0.3 is 15.5 Å². The molecule has 1 saturated heterocycles. The van der Waals surface area contributed by atoms with Crippen molar-refractivity contribution in [3.63, 3.8) is 0 Å². The molecule has 2 N–H and O–H groups in total. The fourth-order valence-electron chi connectivity index (χ4n) is 3.02. The Morgan fingerprint density at radius 2 is 1.67 bits per heavy atom. The molecule has 0 saturated carbocycles. The van der Waals surface area contributed by atoms with E-state index in [1.165, 1.54) is 29.1 Å². The van der Waals surface area contributed by atoms with Crippen LogP contribution in [0.15, 0.2) is 46.8 Å². The normalized spacial score (nSPS) is 16.0. The first-order valence-electron chi connectivity index (χ1n) is 9.18. The third-order valence-corrected chi connectivity index (χ3v) is 5.60. The Kier molecular flexibility index (Phi) is 9.53. The number of piperazine rings is 1. The highest BCUT2D eigenvalue weighted by Crippen LogP contribution is 2.10. The molecule has 0 unspecified atom stereocenters. The Morgan fingerprint density at radius 1 is 1.00 bits per heavy atom. The predicted molar refractivity (Wildman–Crippen MR) is 126 cm³/mol. The molecule has 0 aliphatic carbocycles. The van der Waals surface area contributed by atoms with E-state index in [9.17, 15) is 0 Å². The van der Waals surface area contributed by atoms with Crippen LogP contribution in [-0.4, -0.2) is 56.0 Å². The Balaban J connectivity index is 0.00000261. The Bertz CT molecular complexity index is 679. The SMILES string of the molecule is CN=C(NCc1ccc(CN2CCN(C)CC2)cc1)NCc1cccs1.I. The lowest BCUT2D eigenvalue weighted by molar-refractivity contribution is 0.148. The van der Waals surface area contributed by atoms with Crippen LogP contribution < -0.4 is 10.6 Å². The van der Waals surface area contributed by atoms with Gasteiger partial charge >= 0.3 is 0 Å². The molecular weight excluding hydrogens is 469 g/mol. The van der Waals surface area contributed by atoms with Crippen LogP contribution in [0.3, 0.4) is 0 Å². The van der Waals surface area contributed by atoms with E-state index in [1.54, 1.807) is 11.3 Å². The van der Waals surface area contributed by atoms with Gasteiger partial charge in [-0.1, -0.05) is 30.3 Å². The zero-order chi connectivity index (χ0) is 18.2. The van der Waals surface area contributed by atoms with Crippen LogP contribution in [0.5, 0.6) is 0 Å². The molecule has 0 radical (unpaired) electrons. The number of aliphatic imine (C=N–C) groups is 1. The molecular formula is C20H30IN5S. The number of nitrogens with one attached hydrogen (secondary N) is 2. The molecule has 1 aromatic heterocycles. The highest BCUT2D eigenvalue weighted by Gasteiger charge is 2.13. The summed E-state index contributed by atoms with van der Waals surface area (Å²) >= 11 is 1.75. The van der Waals surface area contributed by atoms with Gasteiger partial charge in [-0.3, -0.25) is 9.89 Å². The van der Waals surface area contributed by atoms with E-state index in [-0.39, 0.29) is 24.0 Å². The smallest absolute Gasteiger partial charge is 0.191 e. The second kappa shape index (κ2) is 11.6. The number of likely N-dealkylation sites (N-methyl/N-ethyl adjacent to an activating group) is 1. The molecule has 7 heteroatoms. The van der Waals surface area contributed by atoms with Gasteiger partial charge in [0.15, 0.2) is 5.96 Å². The Morgan fingerprint density at radius 3 is 2.30 bits per heavy atom. The number of hydrogen-bond donors (Lipinski definition) is 2. The van der Waals surface area contributed by atoms with E-state index in [1.807, 2.05) is 7.05 Å². The largest absolute Gasteiger partial charge is 0.352 e. The van der Waals surface area contributed by atoms with Crippen molar-refractivity contribution in [3.05, 3.63) is 57.8 Å². The van der Waals surface area contributed by atoms with Crippen LogP contribution in [0.4, 0.5) is 0 Å². The van der Waals surface area contributed by atoms with Gasteiger partial charge in [-0.15, -0.1) is 35.3 Å². The maximum Gasteiger partial charge on any atom is 0.191 e. The summed E-state index contributed by atoms with van der Waals surface area (Å²) in [6, 6.07) is 13.1. The minimum Gasteiger partial charge on any atom is -0.352 e. The standard InChI is InChI=1S/C20H29N5S.HI/c1-21-20(23-15-19-4-3-13-26-19)22-14-17-5-7-18(8-6-17)16-25-11-9-24(2)10-12-25;/h3-8,13H,9-12,14-16H2,1-2H3,(H2,21,22,23);1H. The molecule has 1 aliphatic heterocycles. The maximum atomic E-state index is 4.29. The zero-order valence-corrected chi connectivity index (χ0v) is 19.3. The first kappa shape index (κ1) is 22.1. The van der Waals surface area contributed by atoms with Gasteiger partial charge in [0.05, 0.1) is 6.54 Å². The van der Waals surface area contributed by atoms with Crippen molar-refractivity contribution < 1.29 is 0 Å². The van der Waals surface area contributed by atoms with E-state index in [2.05, 4.69) is 74.3 Å². The summed E-state index contributed by atoms with van der Waals surface area (Å²) < 4.78 is 0. The van der Waals surface area contributed by atoms with Crippen LogP contribution in [0.25, 0.3) is 0 Å². The maximum absolute atomic E-state index is 4.29. The summed E-state index contributed by atoms with van der Waals surface area (Å²) in [7, 11) is 4.01. The third-order valence-electron chi connectivity index (χ3n) is 4.72. The second-order valence-corrected chi connectivity index (χ2v) is 7.79. The molecule has 0 atom stereocenters. The van der Waals surface area contributed by atoms with Crippen LogP contribution >= 0.6 is 35.3 Å². The van der Waals surface area contributed by atoms with E-state index in [4.69, 9.17) is 0 Å². The minimum atomic E-state index is 0. The quantitative estimate of drug-likeness (QED) is 0.365. The topological polar surface area (TPSA) is 42.9 Å². The molecule has 5 nitrogen and oxygen atoms in total. The average Bonchev–Trinajstić information content (AvgIpc) is 3.18. The zero-order valence-electron chi connectivity index (χ0n) is 16.1. The van der Waals surface area contributed by atoms with Crippen molar-refractivity contribution in [2.24, 2.45) is 4.99 Å². The summed E-state index contributed by atoms with van der Waals surface area (Å²) in [5.74, 6) is 0.833. The number of guanidine groups is 1. The average molecular weight is 499 g/mol. The minimum absolute atomic E-state index is 0. The van der Waals surface area contributed by atoms with Crippen molar-refractivity contribution in [1.29, 1.82) is 0 Å². The van der Waals surface area contributed by atoms with Gasteiger partial charge in [0.25, 0.3) is 0 Å². The van der Waals surface area contributed by atoms with E-state index >= 15 is 0 Å². The lowest BCUT2D eigenvalue weighted by atomic mass is 10.1. The van der Waals surface area contributed by atoms with Crippen LogP contribution in [0.1, 0.15) is 16.0 Å². The summed E-state index contributed by atoms with van der Waals surface area (Å²) in [6.45, 7) is 7.28. The molecule has 3 rings (SSSR count). The van der Waals surface area contributed by atoms with Gasteiger partial charge in [0.1, 0.15) is 0 Å². The van der Waals surface area contributed by atoms with E-state index < -0.39 is 0 Å². The lowest BCUT2D eigenvalue weighted by Crippen LogP contribution is -2.43. The van der Waals surface area contributed by atoms with E-state index in [0.717, 1.165) is 38.7 Å². The Labute approximate surface area is 183 Å². The molecule has 0 bridgehead atoms. The molecule has 2 aromatic rings. The lowest BCUT2D eigenvalue weighted by Gasteiger charge is -2.32. The molecule has 1 aliphatic rings. The molecule has 1 aromatic carbocycles. The van der Waals surface area contributed by atoms with Crippen LogP contribution in [-0.2, 0) is 19.6 Å². The molecule has 27 heavy (non-hydrogen) atoms. The number of rotatable bonds is 6. The number of halogens is 1. The van der Waals surface area contributed by atoms with Crippen molar-refractivity contribution >= 4 is 41.3 Å². The highest BCUT2D eigenvalue weighted by molar-refractivity contribution is 14.0. The number of nitrogens with zero attached hydrogens (tertiary/aromatic N) is 3.